The lowest BCUT2D eigenvalue weighted by atomic mass is 10.0. The molecular weight excluding hydrogens is 637 g/mol. The predicted molar refractivity (Wildman–Crippen MR) is 213 cm³/mol. The molecule has 0 amide bonds. The van der Waals surface area contributed by atoms with Crippen LogP contribution in [0.2, 0.25) is 0 Å². The van der Waals surface area contributed by atoms with Gasteiger partial charge in [0, 0.05) is 27.3 Å². The van der Waals surface area contributed by atoms with Crippen LogP contribution in [-0.2, 0) is 0 Å². The molecule has 3 aromatic heterocycles. The van der Waals surface area contributed by atoms with Crippen molar-refractivity contribution in [1.82, 2.24) is 19.5 Å². The second-order valence-electron chi connectivity index (χ2n) is 13.2. The average molecular weight is 665 g/mol. The maximum atomic E-state index is 6.81. The summed E-state index contributed by atoms with van der Waals surface area (Å²) in [5.74, 6) is 1.77. The first kappa shape index (κ1) is 28.7. The number of hydrogen-bond donors (Lipinski definition) is 0. The second-order valence-corrected chi connectivity index (χ2v) is 13.2. The van der Waals surface area contributed by atoms with Gasteiger partial charge in [-0.25, -0.2) is 15.0 Å². The highest BCUT2D eigenvalue weighted by atomic mass is 16.3. The van der Waals surface area contributed by atoms with Gasteiger partial charge >= 0.3 is 0 Å². The van der Waals surface area contributed by atoms with Crippen LogP contribution in [0.1, 0.15) is 0 Å². The first-order chi connectivity index (χ1) is 25.8. The minimum absolute atomic E-state index is 0.556. The Morgan fingerprint density at radius 1 is 0.404 bits per heavy atom. The smallest absolute Gasteiger partial charge is 0.167 e. The van der Waals surface area contributed by atoms with Gasteiger partial charge in [-0.05, 0) is 57.9 Å². The third kappa shape index (κ3) is 4.33. The molecule has 0 spiro atoms. The van der Waals surface area contributed by atoms with Gasteiger partial charge in [0.05, 0.1) is 27.7 Å². The van der Waals surface area contributed by atoms with Gasteiger partial charge in [0.1, 0.15) is 11.2 Å². The summed E-state index contributed by atoms with van der Waals surface area (Å²) < 4.78 is 9.19. The molecule has 3 heterocycles. The summed E-state index contributed by atoms with van der Waals surface area (Å²) in [5, 5.41) is 9.25. The van der Waals surface area contributed by atoms with Gasteiger partial charge in [0.15, 0.2) is 17.5 Å². The number of benzene rings is 8. The Morgan fingerprint density at radius 2 is 1.06 bits per heavy atom. The lowest BCUT2D eigenvalue weighted by Gasteiger charge is -2.13. The normalized spacial score (nSPS) is 11.8. The van der Waals surface area contributed by atoms with Crippen molar-refractivity contribution in [2.24, 2.45) is 0 Å². The van der Waals surface area contributed by atoms with Gasteiger partial charge in [-0.15, -0.1) is 0 Å². The molecule has 0 fully saturated rings. The molecule has 0 unspecified atom stereocenters. The van der Waals surface area contributed by atoms with Gasteiger partial charge < -0.3 is 8.98 Å². The van der Waals surface area contributed by atoms with Crippen molar-refractivity contribution in [1.29, 1.82) is 0 Å². The Bertz CT molecular complexity index is 3190. The number of para-hydroxylation sites is 2. The van der Waals surface area contributed by atoms with E-state index in [1.165, 1.54) is 26.9 Å². The molecule has 0 aliphatic carbocycles. The fourth-order valence-corrected chi connectivity index (χ4v) is 7.84. The van der Waals surface area contributed by atoms with Crippen molar-refractivity contribution >= 4 is 65.3 Å². The lowest BCUT2D eigenvalue weighted by molar-refractivity contribution is 0.669. The maximum Gasteiger partial charge on any atom is 0.167 e. The monoisotopic (exact) mass is 664 g/mol. The van der Waals surface area contributed by atoms with E-state index in [1.54, 1.807) is 0 Å². The molecule has 0 aliphatic heterocycles. The van der Waals surface area contributed by atoms with Crippen LogP contribution in [-0.4, -0.2) is 19.5 Å². The quantitative estimate of drug-likeness (QED) is 0.188. The zero-order valence-electron chi connectivity index (χ0n) is 27.9. The van der Waals surface area contributed by atoms with Crippen LogP contribution in [0.3, 0.4) is 0 Å². The maximum absolute atomic E-state index is 6.81. The fraction of sp³-hybridized carbons (Fsp3) is 0. The third-order valence-electron chi connectivity index (χ3n) is 10.2. The minimum Gasteiger partial charge on any atom is -0.455 e. The summed E-state index contributed by atoms with van der Waals surface area (Å²) >= 11 is 0. The molecule has 0 N–H and O–H groups in total. The van der Waals surface area contributed by atoms with E-state index in [-0.39, 0.29) is 0 Å². The molecule has 5 nitrogen and oxygen atoms in total. The Labute approximate surface area is 298 Å². The topological polar surface area (TPSA) is 56.7 Å². The first-order valence-electron chi connectivity index (χ1n) is 17.5. The van der Waals surface area contributed by atoms with E-state index in [1.807, 2.05) is 42.5 Å². The Balaban J connectivity index is 1.21. The average Bonchev–Trinajstić information content (AvgIpc) is 3.77. The van der Waals surface area contributed by atoms with Gasteiger partial charge in [-0.2, -0.15) is 0 Å². The van der Waals surface area contributed by atoms with Crippen molar-refractivity contribution < 1.29 is 4.42 Å². The van der Waals surface area contributed by atoms with Crippen molar-refractivity contribution in [2.75, 3.05) is 0 Å². The van der Waals surface area contributed by atoms with Crippen molar-refractivity contribution in [3.63, 3.8) is 0 Å². The van der Waals surface area contributed by atoms with E-state index in [0.717, 1.165) is 60.7 Å². The lowest BCUT2D eigenvalue weighted by Crippen LogP contribution is -2.01. The van der Waals surface area contributed by atoms with Crippen LogP contribution in [0.25, 0.3) is 105 Å². The van der Waals surface area contributed by atoms with Crippen LogP contribution in [0, 0.1) is 0 Å². The number of fused-ring (bicyclic) bond motifs is 9. The highest BCUT2D eigenvalue weighted by Crippen LogP contribution is 2.43. The number of aromatic nitrogens is 4. The molecule has 0 saturated carbocycles. The van der Waals surface area contributed by atoms with Gasteiger partial charge in [-0.1, -0.05) is 133 Å². The van der Waals surface area contributed by atoms with Crippen LogP contribution in [0.4, 0.5) is 0 Å². The van der Waals surface area contributed by atoms with Crippen LogP contribution in [0.5, 0.6) is 0 Å². The largest absolute Gasteiger partial charge is 0.455 e. The SMILES string of the molecule is c1ccc(-c2nc(-c3ccc4ccccc4c3)nc(-c3ccc(-n4c5ccccc5c5c6ccccc6ccc54)c4c3oc3ccccc34)n2)cc1. The van der Waals surface area contributed by atoms with Crippen LogP contribution >= 0.6 is 0 Å². The first-order valence-corrected chi connectivity index (χ1v) is 17.5. The van der Waals surface area contributed by atoms with Gasteiger partial charge in [0.25, 0.3) is 0 Å². The number of rotatable bonds is 4. The number of furan rings is 1. The predicted octanol–water partition coefficient (Wildman–Crippen LogP) is 12.2. The van der Waals surface area contributed by atoms with Crippen molar-refractivity contribution in [3.8, 4) is 39.9 Å². The Morgan fingerprint density at radius 3 is 1.92 bits per heavy atom. The molecule has 0 aliphatic rings. The summed E-state index contributed by atoms with van der Waals surface area (Å²) in [6.45, 7) is 0. The van der Waals surface area contributed by atoms with Crippen molar-refractivity contribution in [2.45, 2.75) is 0 Å². The highest BCUT2D eigenvalue weighted by molar-refractivity contribution is 6.23. The van der Waals surface area contributed by atoms with E-state index in [2.05, 4.69) is 132 Å². The van der Waals surface area contributed by atoms with E-state index in [9.17, 15) is 0 Å². The van der Waals surface area contributed by atoms with E-state index >= 15 is 0 Å². The molecule has 0 radical (unpaired) electrons. The molecule has 5 heteroatoms. The fourth-order valence-electron chi connectivity index (χ4n) is 7.84. The summed E-state index contributed by atoms with van der Waals surface area (Å²) in [6.07, 6.45) is 0. The summed E-state index contributed by atoms with van der Waals surface area (Å²) in [7, 11) is 0. The molecular formula is C47H28N4O. The molecule has 0 saturated heterocycles. The third-order valence-corrected chi connectivity index (χ3v) is 10.2. The number of nitrogens with zero attached hydrogens (tertiary/aromatic N) is 4. The molecule has 11 aromatic rings. The second kappa shape index (κ2) is 11.2. The Hall–Kier alpha value is -7.11. The molecule has 0 bridgehead atoms. The Kier molecular flexibility index (Phi) is 6.18. The molecule has 52 heavy (non-hydrogen) atoms. The minimum atomic E-state index is 0.556. The molecule has 242 valence electrons. The standard InChI is InChI=1S/C47H28N4O/c1-2-14-31(15-3-1)45-48-46(33-23-22-29-12-4-5-16-32(29)28-33)50-47(49-45)37-25-27-40(43-36-19-9-11-21-41(36)52-44(37)43)51-38-20-10-8-18-35(38)42-34-17-7-6-13-30(34)24-26-39(42)51/h1-28H. The summed E-state index contributed by atoms with van der Waals surface area (Å²) in [4.78, 5) is 15.3. The zero-order chi connectivity index (χ0) is 34.2. The zero-order valence-corrected chi connectivity index (χ0v) is 27.9. The van der Waals surface area contributed by atoms with Gasteiger partial charge in [-0.3, -0.25) is 0 Å². The highest BCUT2D eigenvalue weighted by Gasteiger charge is 2.23. The van der Waals surface area contributed by atoms with E-state index in [0.29, 0.717) is 17.5 Å². The summed E-state index contributed by atoms with van der Waals surface area (Å²) in [6, 6.07) is 59.1. The number of hydrogen-bond acceptors (Lipinski definition) is 4. The summed E-state index contributed by atoms with van der Waals surface area (Å²) in [5.41, 5.74) is 7.52. The van der Waals surface area contributed by atoms with Crippen LogP contribution < -0.4 is 0 Å². The van der Waals surface area contributed by atoms with Gasteiger partial charge in [0.2, 0.25) is 0 Å². The van der Waals surface area contributed by atoms with Crippen LogP contribution in [0.15, 0.2) is 174 Å². The molecule has 11 rings (SSSR count). The molecule has 8 aromatic carbocycles. The molecule has 0 atom stereocenters. The van der Waals surface area contributed by atoms with E-state index in [4.69, 9.17) is 19.4 Å². The van der Waals surface area contributed by atoms with E-state index < -0.39 is 0 Å². The van der Waals surface area contributed by atoms with Crippen molar-refractivity contribution in [3.05, 3.63) is 170 Å².